The highest BCUT2D eigenvalue weighted by molar-refractivity contribution is 6.99. The average Bonchev–Trinajstić information content (AvgIpc) is 2.97. The maximum Gasteiger partial charge on any atom is 0.261 e. The number of methoxy groups -OCH3 is 2. The third-order valence-electron chi connectivity index (χ3n) is 8.05. The molecule has 0 amide bonds. The summed E-state index contributed by atoms with van der Waals surface area (Å²) in [4.78, 5) is 0. The van der Waals surface area contributed by atoms with Gasteiger partial charge in [0.05, 0.1) is 26.4 Å². The first-order chi connectivity index (χ1) is 19.2. The summed E-state index contributed by atoms with van der Waals surface area (Å²) >= 11 is 0. The van der Waals surface area contributed by atoms with Gasteiger partial charge < -0.3 is 23.4 Å². The van der Waals surface area contributed by atoms with Crippen LogP contribution in [0.4, 0.5) is 0 Å². The van der Waals surface area contributed by atoms with E-state index in [-0.39, 0.29) is 29.1 Å². The van der Waals surface area contributed by atoms with Gasteiger partial charge in [-0.15, -0.1) is 6.58 Å². The molecule has 1 aliphatic rings. The van der Waals surface area contributed by atoms with Gasteiger partial charge in [0, 0.05) is 24.0 Å². The Labute approximate surface area is 241 Å². The van der Waals surface area contributed by atoms with Crippen LogP contribution in [0, 0.1) is 11.8 Å². The first kappa shape index (κ1) is 30.1. The Bertz CT molecular complexity index is 1200. The summed E-state index contributed by atoms with van der Waals surface area (Å²) in [6.45, 7) is 15.9. The minimum Gasteiger partial charge on any atom is -0.493 e. The monoisotopic (exact) mass is 560 g/mol. The van der Waals surface area contributed by atoms with Crippen molar-refractivity contribution in [2.24, 2.45) is 11.8 Å². The predicted octanol–water partition coefficient (Wildman–Crippen LogP) is 6.52. The minimum atomic E-state index is -2.66. The highest BCUT2D eigenvalue weighted by Crippen LogP contribution is 2.41. The van der Waals surface area contributed by atoms with E-state index in [1.54, 1.807) is 14.2 Å². The van der Waals surface area contributed by atoms with Gasteiger partial charge in [-0.1, -0.05) is 107 Å². The van der Waals surface area contributed by atoms with Crippen molar-refractivity contribution in [3.8, 4) is 11.5 Å². The molecular weight excluding hydrogens is 516 g/mol. The van der Waals surface area contributed by atoms with Crippen LogP contribution in [-0.4, -0.2) is 41.4 Å². The van der Waals surface area contributed by atoms with E-state index in [0.29, 0.717) is 18.1 Å². The number of rotatable bonds is 10. The molecule has 1 heterocycles. The topological polar surface area (TPSA) is 46.2 Å². The van der Waals surface area contributed by atoms with E-state index in [1.165, 1.54) is 10.4 Å². The van der Waals surface area contributed by atoms with Crippen molar-refractivity contribution in [2.75, 3.05) is 20.8 Å². The Morgan fingerprint density at radius 2 is 1.45 bits per heavy atom. The van der Waals surface area contributed by atoms with Crippen molar-refractivity contribution < 1.29 is 23.4 Å². The number of hydrogen-bond acceptors (Lipinski definition) is 5. The number of benzene rings is 3. The van der Waals surface area contributed by atoms with Gasteiger partial charge in [-0.25, -0.2) is 0 Å². The molecule has 0 radical (unpaired) electrons. The lowest BCUT2D eigenvalue weighted by molar-refractivity contribution is -0.271. The van der Waals surface area contributed by atoms with Gasteiger partial charge in [0.25, 0.3) is 8.32 Å². The Kier molecular flexibility index (Phi) is 9.57. The van der Waals surface area contributed by atoms with Crippen LogP contribution in [0.3, 0.4) is 0 Å². The zero-order chi connectivity index (χ0) is 28.9. The molecule has 4 rings (SSSR count). The standard InChI is InChI=1S/C34H44O5Si/c1-9-29-25(3)32(39-33(38-29)26-20-21-30(35-7)31(22-26)36-8)24(2)23-37-40(34(4,5)6,27-16-12-10-13-17-27)28-18-14-11-15-19-28/h9-22,24-25,29,32-33H,1,23H2,2-8H3/t24-,25+,29-,32+,33-/m1/s1. The normalized spacial score (nSPS) is 22.4. The third-order valence-corrected chi connectivity index (χ3v) is 13.1. The van der Waals surface area contributed by atoms with E-state index in [4.69, 9.17) is 23.4 Å². The zero-order valence-electron chi connectivity index (χ0n) is 24.9. The SMILES string of the molecule is C=C[C@H]1O[C@@H](c2ccc(OC)c(OC)c2)O[C@@H]([C@H](C)CO[Si](c2ccccc2)(c2ccccc2)C(C)(C)C)[C@H]1C. The molecule has 40 heavy (non-hydrogen) atoms. The molecule has 0 aliphatic carbocycles. The molecule has 0 spiro atoms. The van der Waals surface area contributed by atoms with Crippen LogP contribution in [0.5, 0.6) is 11.5 Å². The molecule has 0 N–H and O–H groups in total. The van der Waals surface area contributed by atoms with Crippen LogP contribution in [0.1, 0.15) is 46.5 Å². The van der Waals surface area contributed by atoms with E-state index < -0.39 is 14.6 Å². The largest absolute Gasteiger partial charge is 0.493 e. The summed E-state index contributed by atoms with van der Waals surface area (Å²) in [6, 6.07) is 27.3. The van der Waals surface area contributed by atoms with Crippen LogP contribution in [0.15, 0.2) is 91.5 Å². The maximum atomic E-state index is 7.26. The van der Waals surface area contributed by atoms with E-state index >= 15 is 0 Å². The molecule has 1 aliphatic heterocycles. The predicted molar refractivity (Wildman–Crippen MR) is 164 cm³/mol. The minimum absolute atomic E-state index is 0.0938. The third kappa shape index (κ3) is 5.91. The van der Waals surface area contributed by atoms with Crippen molar-refractivity contribution in [3.63, 3.8) is 0 Å². The van der Waals surface area contributed by atoms with Crippen molar-refractivity contribution >= 4 is 18.7 Å². The molecule has 5 atom stereocenters. The van der Waals surface area contributed by atoms with Crippen LogP contribution in [0.25, 0.3) is 0 Å². The van der Waals surface area contributed by atoms with E-state index in [0.717, 1.165) is 5.56 Å². The molecule has 6 heteroatoms. The molecule has 0 bridgehead atoms. The van der Waals surface area contributed by atoms with Crippen LogP contribution >= 0.6 is 0 Å². The van der Waals surface area contributed by atoms with Crippen LogP contribution in [0.2, 0.25) is 5.04 Å². The van der Waals surface area contributed by atoms with Crippen molar-refractivity contribution in [1.82, 2.24) is 0 Å². The summed E-state index contributed by atoms with van der Waals surface area (Å²) in [5, 5.41) is 2.45. The summed E-state index contributed by atoms with van der Waals surface area (Å²) in [6.07, 6.45) is 1.06. The first-order valence-corrected chi connectivity index (χ1v) is 16.0. The maximum absolute atomic E-state index is 7.26. The molecule has 0 saturated carbocycles. The lowest BCUT2D eigenvalue weighted by Gasteiger charge is -2.46. The van der Waals surface area contributed by atoms with Crippen LogP contribution < -0.4 is 19.8 Å². The van der Waals surface area contributed by atoms with Crippen LogP contribution in [-0.2, 0) is 13.9 Å². The van der Waals surface area contributed by atoms with Gasteiger partial charge in [-0.3, -0.25) is 0 Å². The lowest BCUT2D eigenvalue weighted by Crippen LogP contribution is -2.67. The summed E-state index contributed by atoms with van der Waals surface area (Å²) in [7, 11) is 0.596. The summed E-state index contributed by atoms with van der Waals surface area (Å²) < 4.78 is 31.3. The molecule has 1 saturated heterocycles. The van der Waals surface area contributed by atoms with E-state index in [9.17, 15) is 0 Å². The van der Waals surface area contributed by atoms with Crippen molar-refractivity contribution in [3.05, 3.63) is 97.1 Å². The Balaban J connectivity index is 1.65. The fourth-order valence-corrected chi connectivity index (χ4v) is 10.6. The van der Waals surface area contributed by atoms with Gasteiger partial charge >= 0.3 is 0 Å². The molecule has 214 valence electrons. The van der Waals surface area contributed by atoms with Gasteiger partial charge in [-0.2, -0.15) is 0 Å². The molecule has 3 aromatic carbocycles. The average molecular weight is 561 g/mol. The van der Waals surface area contributed by atoms with E-state index in [1.807, 2.05) is 24.3 Å². The Hall–Kier alpha value is -2.90. The van der Waals surface area contributed by atoms with Crippen molar-refractivity contribution in [1.29, 1.82) is 0 Å². The van der Waals surface area contributed by atoms with Gasteiger partial charge in [0.1, 0.15) is 0 Å². The lowest BCUT2D eigenvalue weighted by atomic mass is 9.88. The summed E-state index contributed by atoms with van der Waals surface area (Å²) in [5.41, 5.74) is 0.876. The van der Waals surface area contributed by atoms with Gasteiger partial charge in [-0.05, 0) is 27.5 Å². The fraction of sp³-hybridized carbons (Fsp3) is 0.412. The zero-order valence-corrected chi connectivity index (χ0v) is 25.9. The second kappa shape index (κ2) is 12.7. The molecule has 5 nitrogen and oxygen atoms in total. The number of hydrogen-bond donors (Lipinski definition) is 0. The summed E-state index contributed by atoms with van der Waals surface area (Å²) in [5.74, 6) is 1.51. The van der Waals surface area contributed by atoms with Crippen molar-refractivity contribution in [2.45, 2.75) is 58.2 Å². The molecule has 3 aromatic rings. The van der Waals surface area contributed by atoms with E-state index in [2.05, 4.69) is 102 Å². The highest BCUT2D eigenvalue weighted by atomic mass is 28.4. The Morgan fingerprint density at radius 1 is 0.875 bits per heavy atom. The smallest absolute Gasteiger partial charge is 0.261 e. The molecular formula is C34H44O5Si. The number of ether oxygens (including phenoxy) is 4. The highest BCUT2D eigenvalue weighted by Gasteiger charge is 2.51. The molecule has 0 unspecified atom stereocenters. The van der Waals surface area contributed by atoms with Gasteiger partial charge in [0.2, 0.25) is 0 Å². The quantitative estimate of drug-likeness (QED) is 0.209. The molecule has 1 fully saturated rings. The molecule has 0 aromatic heterocycles. The van der Waals surface area contributed by atoms with Gasteiger partial charge in [0.15, 0.2) is 17.8 Å². The second-order valence-corrected chi connectivity index (χ2v) is 16.0. The fourth-order valence-electron chi connectivity index (χ4n) is 5.94. The first-order valence-electron chi connectivity index (χ1n) is 14.1. The Morgan fingerprint density at radius 3 is 1.95 bits per heavy atom. The second-order valence-electron chi connectivity index (χ2n) is 11.7.